The number of aromatic nitrogens is 4. The van der Waals surface area contributed by atoms with E-state index in [2.05, 4.69) is 20.7 Å². The van der Waals surface area contributed by atoms with Gasteiger partial charge in [-0.05, 0) is 69.2 Å². The Morgan fingerprint density at radius 2 is 1.89 bits per heavy atom. The fraction of sp³-hybridized carbons (Fsp3) is 0.259. The van der Waals surface area contributed by atoms with Gasteiger partial charge in [0.2, 0.25) is 0 Å². The van der Waals surface area contributed by atoms with Crippen molar-refractivity contribution in [1.82, 2.24) is 24.6 Å². The highest BCUT2D eigenvalue weighted by Gasteiger charge is 2.19. The molecule has 0 bridgehead atoms. The lowest BCUT2D eigenvalue weighted by Gasteiger charge is -2.19. The molecule has 0 saturated heterocycles. The molecule has 2 N–H and O–H groups in total. The number of nitrogens with zero attached hydrogens (tertiary/aromatic N) is 4. The Kier molecular flexibility index (Phi) is 7.37. The molecule has 192 valence electrons. The molecule has 0 atom stereocenters. The van der Waals surface area contributed by atoms with Gasteiger partial charge in [0.25, 0.3) is 5.91 Å². The molecule has 0 spiro atoms. The molecule has 9 nitrogen and oxygen atoms in total. The first-order valence-corrected chi connectivity index (χ1v) is 11.8. The van der Waals surface area contributed by atoms with Gasteiger partial charge in [-0.3, -0.25) is 4.79 Å². The summed E-state index contributed by atoms with van der Waals surface area (Å²) in [6, 6.07) is 13.5. The summed E-state index contributed by atoms with van der Waals surface area (Å²) < 4.78 is 23.2. The van der Waals surface area contributed by atoms with Crippen molar-refractivity contribution in [3.8, 4) is 5.69 Å². The molecule has 0 fully saturated rings. The SMILES string of the molecule is Cc1cc(C(=O)Nc2cc(Cn3ccnc3)ccc2F)n(-c2cccc(CNC(=O)OC(C)(C)C)c2)n1. The second-order valence-corrected chi connectivity index (χ2v) is 9.61. The number of alkyl carbamates (subject to hydrolysis) is 1. The number of halogens is 1. The second-order valence-electron chi connectivity index (χ2n) is 9.61. The van der Waals surface area contributed by atoms with Crippen LogP contribution in [0.2, 0.25) is 0 Å². The standard InChI is InChI=1S/C27H29FN6O3/c1-18-12-24(25(35)31-23-14-20(8-9-22(23)28)16-33-11-10-29-17-33)34(32-18)21-7-5-6-19(13-21)15-30-26(36)37-27(2,3)4/h5-14,17H,15-16H2,1-4H3,(H,30,36)(H,31,35). The number of hydrogen-bond acceptors (Lipinski definition) is 5. The lowest BCUT2D eigenvalue weighted by atomic mass is 10.1. The lowest BCUT2D eigenvalue weighted by molar-refractivity contribution is 0.0523. The maximum absolute atomic E-state index is 14.6. The average Bonchev–Trinajstić information content (AvgIpc) is 3.48. The maximum atomic E-state index is 14.6. The molecule has 0 aliphatic rings. The molecule has 0 aliphatic carbocycles. The molecule has 37 heavy (non-hydrogen) atoms. The summed E-state index contributed by atoms with van der Waals surface area (Å²) in [6.07, 6.45) is 4.61. The summed E-state index contributed by atoms with van der Waals surface area (Å²) in [7, 11) is 0. The van der Waals surface area contributed by atoms with E-state index in [1.807, 2.05) is 16.7 Å². The number of imidazole rings is 1. The van der Waals surface area contributed by atoms with Crippen molar-refractivity contribution in [2.75, 3.05) is 5.32 Å². The molecule has 2 amide bonds. The van der Waals surface area contributed by atoms with Crippen molar-refractivity contribution < 1.29 is 18.7 Å². The third kappa shape index (κ3) is 6.81. The number of hydrogen-bond donors (Lipinski definition) is 2. The summed E-state index contributed by atoms with van der Waals surface area (Å²) in [4.78, 5) is 29.2. The molecule has 2 aromatic heterocycles. The summed E-state index contributed by atoms with van der Waals surface area (Å²) in [5.41, 5.74) is 2.57. The van der Waals surface area contributed by atoms with Gasteiger partial charge in [0.1, 0.15) is 17.1 Å². The Labute approximate surface area is 214 Å². The third-order valence-electron chi connectivity index (χ3n) is 5.26. The summed E-state index contributed by atoms with van der Waals surface area (Å²) in [5, 5.41) is 9.85. The first kappa shape index (κ1) is 25.6. The molecular weight excluding hydrogens is 475 g/mol. The molecule has 2 aromatic carbocycles. The topological polar surface area (TPSA) is 103 Å². The number of amides is 2. The van der Waals surface area contributed by atoms with E-state index in [1.54, 1.807) is 76.7 Å². The van der Waals surface area contributed by atoms with E-state index < -0.39 is 23.4 Å². The number of carbonyl (C=O) groups is 2. The highest BCUT2D eigenvalue weighted by molar-refractivity contribution is 6.03. The molecule has 0 aliphatic heterocycles. The normalized spacial score (nSPS) is 11.3. The molecular formula is C27H29FN6O3. The van der Waals surface area contributed by atoms with Gasteiger partial charge >= 0.3 is 6.09 Å². The van der Waals surface area contributed by atoms with Crippen LogP contribution in [0.15, 0.2) is 67.3 Å². The van der Waals surface area contributed by atoms with Crippen molar-refractivity contribution in [3.63, 3.8) is 0 Å². The highest BCUT2D eigenvalue weighted by Crippen LogP contribution is 2.20. The zero-order valence-electron chi connectivity index (χ0n) is 21.2. The quantitative estimate of drug-likeness (QED) is 0.375. The predicted molar refractivity (Wildman–Crippen MR) is 137 cm³/mol. The van der Waals surface area contributed by atoms with Crippen LogP contribution in [0.4, 0.5) is 14.9 Å². The van der Waals surface area contributed by atoms with Crippen molar-refractivity contribution in [3.05, 3.63) is 95.6 Å². The van der Waals surface area contributed by atoms with Crippen molar-refractivity contribution >= 4 is 17.7 Å². The van der Waals surface area contributed by atoms with Crippen LogP contribution in [0.1, 0.15) is 48.1 Å². The molecule has 0 saturated carbocycles. The van der Waals surface area contributed by atoms with E-state index >= 15 is 0 Å². The van der Waals surface area contributed by atoms with Gasteiger partial charge in [-0.1, -0.05) is 18.2 Å². The number of nitrogens with one attached hydrogen (secondary N) is 2. The van der Waals surface area contributed by atoms with Crippen molar-refractivity contribution in [2.24, 2.45) is 0 Å². The molecule has 4 rings (SSSR count). The van der Waals surface area contributed by atoms with E-state index in [0.717, 1.165) is 11.1 Å². The molecule has 2 heterocycles. The zero-order chi connectivity index (χ0) is 26.6. The fourth-order valence-electron chi connectivity index (χ4n) is 3.69. The minimum atomic E-state index is -0.598. The van der Waals surface area contributed by atoms with Gasteiger partial charge in [0, 0.05) is 25.5 Å². The van der Waals surface area contributed by atoms with Crippen LogP contribution in [-0.2, 0) is 17.8 Å². The van der Waals surface area contributed by atoms with Crippen LogP contribution in [0.5, 0.6) is 0 Å². The Bertz CT molecular complexity index is 1410. The van der Waals surface area contributed by atoms with Gasteiger partial charge in [0.15, 0.2) is 0 Å². The molecule has 0 radical (unpaired) electrons. The van der Waals surface area contributed by atoms with Crippen molar-refractivity contribution in [1.29, 1.82) is 0 Å². The minimum Gasteiger partial charge on any atom is -0.444 e. The van der Waals surface area contributed by atoms with Crippen LogP contribution in [-0.4, -0.2) is 36.9 Å². The van der Waals surface area contributed by atoms with Crippen LogP contribution in [0, 0.1) is 12.7 Å². The zero-order valence-corrected chi connectivity index (χ0v) is 21.2. The van der Waals surface area contributed by atoms with E-state index in [0.29, 0.717) is 17.9 Å². The Balaban J connectivity index is 1.52. The third-order valence-corrected chi connectivity index (χ3v) is 5.26. The maximum Gasteiger partial charge on any atom is 0.407 e. The summed E-state index contributed by atoms with van der Waals surface area (Å²) in [6.45, 7) is 7.88. The van der Waals surface area contributed by atoms with Crippen LogP contribution >= 0.6 is 0 Å². The second kappa shape index (κ2) is 10.7. The molecule has 0 unspecified atom stereocenters. The van der Waals surface area contributed by atoms with Crippen LogP contribution in [0.25, 0.3) is 5.69 Å². The Morgan fingerprint density at radius 1 is 1.08 bits per heavy atom. The minimum absolute atomic E-state index is 0.0725. The smallest absolute Gasteiger partial charge is 0.407 e. The number of rotatable bonds is 7. The summed E-state index contributed by atoms with van der Waals surface area (Å²) >= 11 is 0. The van der Waals surface area contributed by atoms with E-state index in [9.17, 15) is 14.0 Å². The first-order chi connectivity index (χ1) is 17.6. The van der Waals surface area contributed by atoms with E-state index in [4.69, 9.17) is 4.74 Å². The van der Waals surface area contributed by atoms with Gasteiger partial charge in [-0.25, -0.2) is 18.9 Å². The number of anilines is 1. The average molecular weight is 505 g/mol. The monoisotopic (exact) mass is 504 g/mol. The van der Waals surface area contributed by atoms with Crippen LogP contribution in [0.3, 0.4) is 0 Å². The number of aryl methyl sites for hydroxylation is 1. The highest BCUT2D eigenvalue weighted by atomic mass is 19.1. The van der Waals surface area contributed by atoms with Crippen molar-refractivity contribution in [2.45, 2.75) is 46.4 Å². The Hall–Kier alpha value is -4.47. The number of ether oxygens (including phenoxy) is 1. The van der Waals surface area contributed by atoms with E-state index in [1.165, 1.54) is 10.7 Å². The fourth-order valence-corrected chi connectivity index (χ4v) is 3.69. The lowest BCUT2D eigenvalue weighted by Crippen LogP contribution is -2.32. The van der Waals surface area contributed by atoms with Gasteiger partial charge in [-0.2, -0.15) is 5.10 Å². The molecule has 10 heteroatoms. The predicted octanol–water partition coefficient (Wildman–Crippen LogP) is 4.84. The summed E-state index contributed by atoms with van der Waals surface area (Å²) in [5.74, 6) is -1.04. The largest absolute Gasteiger partial charge is 0.444 e. The number of carbonyl (C=O) groups excluding carboxylic acids is 2. The molecule has 4 aromatic rings. The van der Waals surface area contributed by atoms with Gasteiger partial charge in [0.05, 0.1) is 23.4 Å². The van der Waals surface area contributed by atoms with Gasteiger partial charge < -0.3 is 19.9 Å². The van der Waals surface area contributed by atoms with E-state index in [-0.39, 0.29) is 17.9 Å². The van der Waals surface area contributed by atoms with Gasteiger partial charge in [-0.15, -0.1) is 0 Å². The Morgan fingerprint density at radius 3 is 2.62 bits per heavy atom. The van der Waals surface area contributed by atoms with Crippen LogP contribution < -0.4 is 10.6 Å². The first-order valence-electron chi connectivity index (χ1n) is 11.8. The number of benzene rings is 2.